The highest BCUT2D eigenvalue weighted by atomic mass is 16.6. The molecular formula is C28H34N2O6. The van der Waals surface area contributed by atoms with Gasteiger partial charge in [0.05, 0.1) is 31.3 Å². The van der Waals surface area contributed by atoms with Gasteiger partial charge in [-0.2, -0.15) is 0 Å². The first-order chi connectivity index (χ1) is 17.2. The maximum absolute atomic E-state index is 14.5. The van der Waals surface area contributed by atoms with Crippen molar-refractivity contribution in [3.05, 3.63) is 53.6 Å². The number of likely N-dealkylation sites (tertiary alicyclic amines) is 1. The van der Waals surface area contributed by atoms with Crippen LogP contribution in [0.1, 0.15) is 31.4 Å². The van der Waals surface area contributed by atoms with Gasteiger partial charge in [0.2, 0.25) is 5.91 Å². The second-order valence-corrected chi connectivity index (χ2v) is 10.6. The molecule has 4 aliphatic heterocycles. The second-order valence-electron chi connectivity index (χ2n) is 10.6. The van der Waals surface area contributed by atoms with Crippen LogP contribution < -0.4 is 4.90 Å². The summed E-state index contributed by atoms with van der Waals surface area (Å²) in [5.41, 5.74) is 1.35. The lowest BCUT2D eigenvalue weighted by molar-refractivity contribution is -0.155. The van der Waals surface area contributed by atoms with E-state index in [4.69, 9.17) is 9.47 Å². The van der Waals surface area contributed by atoms with Gasteiger partial charge in [-0.05, 0) is 37.3 Å². The Bertz CT molecular complexity index is 1120. The van der Waals surface area contributed by atoms with Gasteiger partial charge in [-0.3, -0.25) is 14.4 Å². The molecule has 36 heavy (non-hydrogen) atoms. The maximum Gasteiger partial charge on any atom is 0.312 e. The fourth-order valence-corrected chi connectivity index (χ4v) is 6.46. The molecule has 6 atom stereocenters. The molecule has 4 aliphatic rings. The second kappa shape index (κ2) is 9.16. The van der Waals surface area contributed by atoms with Crippen LogP contribution >= 0.6 is 0 Å². The Morgan fingerprint density at radius 2 is 1.83 bits per heavy atom. The van der Waals surface area contributed by atoms with Gasteiger partial charge in [-0.1, -0.05) is 56.4 Å². The molecule has 1 N–H and O–H groups in total. The molecular weight excluding hydrogens is 460 g/mol. The minimum atomic E-state index is -1.34. The quantitative estimate of drug-likeness (QED) is 0.510. The van der Waals surface area contributed by atoms with Crippen LogP contribution in [0.2, 0.25) is 0 Å². The van der Waals surface area contributed by atoms with Gasteiger partial charge in [0.25, 0.3) is 5.91 Å². The Kier molecular flexibility index (Phi) is 6.29. The molecule has 2 saturated heterocycles. The zero-order valence-corrected chi connectivity index (χ0v) is 21.2. The number of hydrogen-bond acceptors (Lipinski definition) is 6. The highest BCUT2D eigenvalue weighted by Gasteiger charge is 2.72. The van der Waals surface area contributed by atoms with E-state index in [1.165, 1.54) is 4.90 Å². The molecule has 1 aromatic carbocycles. The summed E-state index contributed by atoms with van der Waals surface area (Å²) in [6.45, 7) is 7.97. The number of fused-ring (bicyclic) bond motifs is 2. The summed E-state index contributed by atoms with van der Waals surface area (Å²) in [6.07, 6.45) is 7.29. The minimum absolute atomic E-state index is 0.122. The van der Waals surface area contributed by atoms with Crippen LogP contribution in [0.25, 0.3) is 0 Å². The van der Waals surface area contributed by atoms with E-state index >= 15 is 0 Å². The maximum atomic E-state index is 14.5. The van der Waals surface area contributed by atoms with Crippen molar-refractivity contribution >= 4 is 23.5 Å². The monoisotopic (exact) mass is 494 g/mol. The van der Waals surface area contributed by atoms with E-state index in [1.54, 1.807) is 4.90 Å². The van der Waals surface area contributed by atoms with Gasteiger partial charge >= 0.3 is 5.97 Å². The molecule has 1 aromatic rings. The van der Waals surface area contributed by atoms with Crippen LogP contribution in [0.15, 0.2) is 42.5 Å². The van der Waals surface area contributed by atoms with Crippen LogP contribution in [0, 0.1) is 31.6 Å². The number of aliphatic hydroxyl groups is 1. The van der Waals surface area contributed by atoms with E-state index in [1.807, 2.05) is 70.2 Å². The lowest BCUT2D eigenvalue weighted by atomic mass is 9.77. The summed E-state index contributed by atoms with van der Waals surface area (Å²) in [5.74, 6) is -3.03. The fourth-order valence-electron chi connectivity index (χ4n) is 6.46. The number of aryl methyl sites for hydroxylation is 2. The third-order valence-electron chi connectivity index (χ3n) is 8.08. The molecule has 0 aromatic heterocycles. The number of rotatable bonds is 4. The van der Waals surface area contributed by atoms with Gasteiger partial charge in [0, 0.05) is 12.2 Å². The molecule has 0 radical (unpaired) electrons. The third kappa shape index (κ3) is 3.53. The summed E-state index contributed by atoms with van der Waals surface area (Å²) < 4.78 is 12.1. The number of amides is 2. The SMILES string of the molecule is Cc1cccc(C)c1N1CC=C[C@]23O[C@@H]4C=CCCOC(=O)[C@@H]4[C@H]2C(=O)N([C@@H](CO)C(C)C)C3C1=O. The lowest BCUT2D eigenvalue weighted by Gasteiger charge is -2.40. The van der Waals surface area contributed by atoms with E-state index < -0.39 is 41.6 Å². The van der Waals surface area contributed by atoms with Crippen molar-refractivity contribution in [1.82, 2.24) is 4.90 Å². The summed E-state index contributed by atoms with van der Waals surface area (Å²) in [6, 6.07) is 4.23. The Morgan fingerprint density at radius 3 is 2.50 bits per heavy atom. The molecule has 0 saturated carbocycles. The van der Waals surface area contributed by atoms with Crippen LogP contribution in [0.5, 0.6) is 0 Å². The van der Waals surface area contributed by atoms with Crippen molar-refractivity contribution in [3.8, 4) is 0 Å². The fraction of sp³-hybridized carbons (Fsp3) is 0.536. The molecule has 4 heterocycles. The Balaban J connectivity index is 1.69. The molecule has 5 rings (SSSR count). The first-order valence-corrected chi connectivity index (χ1v) is 12.7. The first kappa shape index (κ1) is 24.7. The van der Waals surface area contributed by atoms with E-state index in [-0.39, 0.29) is 30.9 Å². The highest BCUT2D eigenvalue weighted by molar-refractivity contribution is 6.06. The molecule has 8 nitrogen and oxygen atoms in total. The Labute approximate surface area is 211 Å². The molecule has 0 aliphatic carbocycles. The van der Waals surface area contributed by atoms with Crippen LogP contribution in [0.4, 0.5) is 5.69 Å². The largest absolute Gasteiger partial charge is 0.465 e. The zero-order chi connectivity index (χ0) is 25.8. The minimum Gasteiger partial charge on any atom is -0.465 e. The smallest absolute Gasteiger partial charge is 0.312 e. The number of carbonyl (C=O) groups excluding carboxylic acids is 3. The van der Waals surface area contributed by atoms with Gasteiger partial charge in [-0.25, -0.2) is 0 Å². The number of para-hydroxylation sites is 1. The molecule has 2 fully saturated rings. The molecule has 2 amide bonds. The number of nitrogens with zero attached hydrogens (tertiary/aromatic N) is 2. The van der Waals surface area contributed by atoms with Crippen molar-refractivity contribution in [3.63, 3.8) is 0 Å². The summed E-state index contributed by atoms with van der Waals surface area (Å²) in [4.78, 5) is 45.0. The summed E-state index contributed by atoms with van der Waals surface area (Å²) >= 11 is 0. The summed E-state index contributed by atoms with van der Waals surface area (Å²) in [5, 5.41) is 10.3. The Hall–Kier alpha value is -2.97. The number of anilines is 1. The van der Waals surface area contributed by atoms with Gasteiger partial charge in [-0.15, -0.1) is 0 Å². The topological polar surface area (TPSA) is 96.4 Å². The number of hydrogen-bond donors (Lipinski definition) is 1. The van der Waals surface area contributed by atoms with E-state index in [0.717, 1.165) is 16.8 Å². The van der Waals surface area contributed by atoms with Crippen LogP contribution in [-0.2, 0) is 23.9 Å². The average molecular weight is 495 g/mol. The molecule has 192 valence electrons. The number of cyclic esters (lactones) is 1. The highest BCUT2D eigenvalue weighted by Crippen LogP contribution is 2.54. The molecule has 0 bridgehead atoms. The van der Waals surface area contributed by atoms with Crippen LogP contribution in [0.3, 0.4) is 0 Å². The zero-order valence-electron chi connectivity index (χ0n) is 21.2. The van der Waals surface area contributed by atoms with E-state index in [2.05, 4.69) is 0 Å². The van der Waals surface area contributed by atoms with Crippen molar-refractivity contribution in [2.24, 2.45) is 17.8 Å². The van der Waals surface area contributed by atoms with E-state index in [0.29, 0.717) is 13.0 Å². The molecule has 1 unspecified atom stereocenters. The first-order valence-electron chi connectivity index (χ1n) is 12.7. The number of aliphatic hydroxyl groups excluding tert-OH is 1. The van der Waals surface area contributed by atoms with E-state index in [9.17, 15) is 19.5 Å². The number of ether oxygens (including phenoxy) is 2. The van der Waals surface area contributed by atoms with Crippen molar-refractivity contribution in [2.75, 3.05) is 24.7 Å². The van der Waals surface area contributed by atoms with Crippen molar-refractivity contribution < 1.29 is 29.0 Å². The van der Waals surface area contributed by atoms with Gasteiger partial charge < -0.3 is 24.4 Å². The summed E-state index contributed by atoms with van der Waals surface area (Å²) in [7, 11) is 0. The lowest BCUT2D eigenvalue weighted by Crippen LogP contribution is -2.59. The number of benzene rings is 1. The van der Waals surface area contributed by atoms with Crippen molar-refractivity contribution in [2.45, 2.75) is 57.9 Å². The standard InChI is InChI=1S/C28H34N2O6/c1-16(2)19(15-31)30-24-26(33)29(23-17(3)9-7-10-18(23)4)13-8-12-28(24)22(25(30)32)21-20(36-28)11-5-6-14-35-27(21)34/h5,7-12,16,19-22,24,31H,6,13-15H2,1-4H3/t19-,20+,21-,22-,24?,28-/m0/s1. The molecule has 1 spiro atoms. The third-order valence-corrected chi connectivity index (χ3v) is 8.08. The number of esters is 1. The predicted molar refractivity (Wildman–Crippen MR) is 133 cm³/mol. The average Bonchev–Trinajstić information content (AvgIpc) is 3.19. The number of carbonyl (C=O) groups is 3. The normalized spacial score (nSPS) is 32.6. The van der Waals surface area contributed by atoms with Gasteiger partial charge in [0.15, 0.2) is 0 Å². The van der Waals surface area contributed by atoms with Gasteiger partial charge in [0.1, 0.15) is 17.6 Å². The Morgan fingerprint density at radius 1 is 1.11 bits per heavy atom. The van der Waals surface area contributed by atoms with Crippen molar-refractivity contribution in [1.29, 1.82) is 0 Å². The predicted octanol–water partition coefficient (Wildman–Crippen LogP) is 2.31. The molecule has 8 heteroatoms. The van der Waals surface area contributed by atoms with Crippen LogP contribution in [-0.4, -0.2) is 71.3 Å².